The van der Waals surface area contributed by atoms with Crippen molar-refractivity contribution in [1.29, 1.82) is 0 Å². The molecule has 0 radical (unpaired) electrons. The molecular formula is C12H10N2O5. The number of ketones is 1. The molecule has 19 heavy (non-hydrogen) atoms. The minimum atomic E-state index is -0.576. The maximum atomic E-state index is 11.7. The van der Waals surface area contributed by atoms with Crippen molar-refractivity contribution >= 4 is 23.1 Å². The van der Waals surface area contributed by atoms with Crippen LogP contribution in [0, 0.1) is 10.1 Å². The smallest absolute Gasteiger partial charge is 0.269 e. The predicted octanol–water partition coefficient (Wildman–Crippen LogP) is 0.905. The van der Waals surface area contributed by atoms with Crippen molar-refractivity contribution in [2.24, 2.45) is 0 Å². The molecule has 0 unspecified atom stereocenters. The van der Waals surface area contributed by atoms with Crippen LogP contribution in [0.15, 0.2) is 29.8 Å². The standard InChI is InChI=1S/C12H10N2O5/c1-13-6-9(15)10(12(13)17)11(16)7-2-4-8(5-3-7)14(18)19/h2-5,16H,6H2,1H3/b11-10-. The molecule has 1 N–H and O–H groups in total. The molecule has 7 nitrogen and oxygen atoms in total. The third kappa shape index (κ3) is 2.17. The summed E-state index contributed by atoms with van der Waals surface area (Å²) < 4.78 is 0. The summed E-state index contributed by atoms with van der Waals surface area (Å²) in [6.07, 6.45) is 0. The molecule has 1 saturated heterocycles. The predicted molar refractivity (Wildman–Crippen MR) is 65.3 cm³/mol. The van der Waals surface area contributed by atoms with Crippen LogP contribution >= 0.6 is 0 Å². The van der Waals surface area contributed by atoms with Gasteiger partial charge in [0, 0.05) is 24.7 Å². The van der Waals surface area contributed by atoms with Gasteiger partial charge in [0.2, 0.25) is 0 Å². The Hall–Kier alpha value is -2.70. The molecule has 1 aliphatic rings. The molecular weight excluding hydrogens is 252 g/mol. The summed E-state index contributed by atoms with van der Waals surface area (Å²) in [5.74, 6) is -1.47. The van der Waals surface area contributed by atoms with Crippen molar-refractivity contribution in [2.75, 3.05) is 13.6 Å². The Bertz CT molecular complexity index is 603. The quantitative estimate of drug-likeness (QED) is 0.280. The Kier molecular flexibility index (Phi) is 3.04. The first-order chi connectivity index (χ1) is 8.91. The summed E-state index contributed by atoms with van der Waals surface area (Å²) in [7, 11) is 1.45. The fourth-order valence-corrected chi connectivity index (χ4v) is 1.80. The Morgan fingerprint density at radius 2 is 1.89 bits per heavy atom. The molecule has 1 aliphatic heterocycles. The number of amides is 1. The van der Waals surface area contributed by atoms with E-state index in [2.05, 4.69) is 0 Å². The zero-order valence-corrected chi connectivity index (χ0v) is 9.99. The first-order valence-electron chi connectivity index (χ1n) is 5.38. The molecule has 1 heterocycles. The number of hydrogen-bond donors (Lipinski definition) is 1. The zero-order valence-electron chi connectivity index (χ0n) is 9.99. The number of benzene rings is 1. The Balaban J connectivity index is 2.43. The van der Waals surface area contributed by atoms with Gasteiger partial charge in [-0.3, -0.25) is 19.7 Å². The average molecular weight is 262 g/mol. The van der Waals surface area contributed by atoms with Gasteiger partial charge in [-0.2, -0.15) is 0 Å². The summed E-state index contributed by atoms with van der Waals surface area (Å²) in [5, 5.41) is 20.5. The largest absolute Gasteiger partial charge is 0.506 e. The second kappa shape index (κ2) is 4.52. The van der Waals surface area contributed by atoms with Gasteiger partial charge in [-0.25, -0.2) is 0 Å². The highest BCUT2D eigenvalue weighted by Gasteiger charge is 2.34. The summed E-state index contributed by atoms with van der Waals surface area (Å²) in [6.45, 7) is -0.0782. The minimum absolute atomic E-state index is 0.0782. The summed E-state index contributed by atoms with van der Waals surface area (Å²) in [5.41, 5.74) is -0.225. The maximum Gasteiger partial charge on any atom is 0.269 e. The van der Waals surface area contributed by atoms with Crippen molar-refractivity contribution in [3.8, 4) is 0 Å². The van der Waals surface area contributed by atoms with Crippen molar-refractivity contribution in [3.63, 3.8) is 0 Å². The van der Waals surface area contributed by atoms with E-state index in [-0.39, 0.29) is 23.4 Å². The molecule has 0 saturated carbocycles. The topological polar surface area (TPSA) is 101 Å². The van der Waals surface area contributed by atoms with Gasteiger partial charge in [0.05, 0.1) is 11.5 Å². The number of nitrogens with zero attached hydrogens (tertiary/aromatic N) is 2. The maximum absolute atomic E-state index is 11.7. The fourth-order valence-electron chi connectivity index (χ4n) is 1.80. The fraction of sp³-hybridized carbons (Fsp3) is 0.167. The van der Waals surface area contributed by atoms with Crippen molar-refractivity contribution in [2.45, 2.75) is 0 Å². The number of nitro groups is 1. The number of hydrogen-bond acceptors (Lipinski definition) is 5. The molecule has 1 fully saturated rings. The molecule has 0 aliphatic carbocycles. The molecule has 0 aromatic heterocycles. The van der Waals surface area contributed by atoms with Gasteiger partial charge in [-0.1, -0.05) is 0 Å². The Morgan fingerprint density at radius 1 is 1.32 bits per heavy atom. The zero-order chi connectivity index (χ0) is 14.2. The lowest BCUT2D eigenvalue weighted by atomic mass is 10.1. The van der Waals surface area contributed by atoms with Crippen LogP contribution in [-0.4, -0.2) is 40.2 Å². The van der Waals surface area contributed by atoms with Gasteiger partial charge in [0.25, 0.3) is 11.6 Å². The van der Waals surface area contributed by atoms with E-state index in [1.165, 1.54) is 36.2 Å². The molecule has 98 valence electrons. The van der Waals surface area contributed by atoms with Gasteiger partial charge in [0.15, 0.2) is 5.78 Å². The second-order valence-corrected chi connectivity index (χ2v) is 4.11. The van der Waals surface area contributed by atoms with Crippen molar-refractivity contribution in [1.82, 2.24) is 4.90 Å². The highest BCUT2D eigenvalue weighted by Crippen LogP contribution is 2.24. The number of likely N-dealkylation sites (tertiary alicyclic amines) is 1. The summed E-state index contributed by atoms with van der Waals surface area (Å²) in [4.78, 5) is 34.4. The van der Waals surface area contributed by atoms with Crippen LogP contribution < -0.4 is 0 Å². The van der Waals surface area contributed by atoms with Crippen LogP contribution in [0.3, 0.4) is 0 Å². The average Bonchev–Trinajstić information content (AvgIpc) is 2.62. The van der Waals surface area contributed by atoms with E-state index < -0.39 is 22.4 Å². The molecule has 2 rings (SSSR count). The number of Topliss-reactive ketones (excluding diaryl/α,β-unsaturated/α-hetero) is 1. The normalized spacial score (nSPS) is 17.8. The number of likely N-dealkylation sites (N-methyl/N-ethyl adjacent to an activating group) is 1. The number of carbonyl (C=O) groups is 2. The number of aliphatic hydroxyl groups is 1. The van der Waals surface area contributed by atoms with Crippen LogP contribution in [0.2, 0.25) is 0 Å². The van der Waals surface area contributed by atoms with E-state index in [0.29, 0.717) is 0 Å². The molecule has 0 spiro atoms. The van der Waals surface area contributed by atoms with Crippen LogP contribution in [-0.2, 0) is 9.59 Å². The summed E-state index contributed by atoms with van der Waals surface area (Å²) >= 11 is 0. The van der Waals surface area contributed by atoms with Crippen LogP contribution in [0.5, 0.6) is 0 Å². The van der Waals surface area contributed by atoms with Crippen LogP contribution in [0.1, 0.15) is 5.56 Å². The highest BCUT2D eigenvalue weighted by molar-refractivity contribution is 6.28. The Morgan fingerprint density at radius 3 is 2.32 bits per heavy atom. The number of non-ortho nitro benzene ring substituents is 1. The van der Waals surface area contributed by atoms with Gasteiger partial charge in [-0.05, 0) is 12.1 Å². The second-order valence-electron chi connectivity index (χ2n) is 4.11. The van der Waals surface area contributed by atoms with Gasteiger partial charge >= 0.3 is 0 Å². The minimum Gasteiger partial charge on any atom is -0.506 e. The summed E-state index contributed by atoms with van der Waals surface area (Å²) in [6, 6.07) is 4.97. The van der Waals surface area contributed by atoms with Crippen LogP contribution in [0.4, 0.5) is 5.69 Å². The highest BCUT2D eigenvalue weighted by atomic mass is 16.6. The van der Waals surface area contributed by atoms with E-state index in [1.54, 1.807) is 0 Å². The van der Waals surface area contributed by atoms with Crippen molar-refractivity contribution < 1.29 is 19.6 Å². The van der Waals surface area contributed by atoms with E-state index >= 15 is 0 Å². The lowest BCUT2D eigenvalue weighted by Crippen LogP contribution is -2.19. The van der Waals surface area contributed by atoms with Gasteiger partial charge < -0.3 is 10.0 Å². The molecule has 7 heteroatoms. The third-order valence-electron chi connectivity index (χ3n) is 2.81. The lowest BCUT2D eigenvalue weighted by Gasteiger charge is -2.05. The van der Waals surface area contributed by atoms with E-state index in [4.69, 9.17) is 0 Å². The number of aliphatic hydroxyl groups excluding tert-OH is 1. The number of nitro benzene ring substituents is 1. The Labute approximate surface area is 107 Å². The van der Waals surface area contributed by atoms with E-state index in [0.717, 1.165) is 0 Å². The number of rotatable bonds is 2. The van der Waals surface area contributed by atoms with Gasteiger partial charge in [0.1, 0.15) is 11.3 Å². The number of carbonyl (C=O) groups excluding carboxylic acids is 2. The molecule has 0 bridgehead atoms. The monoisotopic (exact) mass is 262 g/mol. The third-order valence-corrected chi connectivity index (χ3v) is 2.81. The van der Waals surface area contributed by atoms with Gasteiger partial charge in [-0.15, -0.1) is 0 Å². The molecule has 1 amide bonds. The molecule has 1 aromatic carbocycles. The molecule has 1 aromatic rings. The van der Waals surface area contributed by atoms with E-state index in [1.807, 2.05) is 0 Å². The molecule has 0 atom stereocenters. The van der Waals surface area contributed by atoms with Crippen LogP contribution in [0.25, 0.3) is 5.76 Å². The van der Waals surface area contributed by atoms with Crippen molar-refractivity contribution in [3.05, 3.63) is 45.5 Å². The first-order valence-corrected chi connectivity index (χ1v) is 5.38. The first kappa shape index (κ1) is 12.7. The SMILES string of the molecule is CN1CC(=O)/C(=C(/O)c2ccc([N+](=O)[O-])cc2)C1=O. The van der Waals surface area contributed by atoms with E-state index in [9.17, 15) is 24.8 Å². The lowest BCUT2D eigenvalue weighted by molar-refractivity contribution is -0.384.